The van der Waals surface area contributed by atoms with Gasteiger partial charge in [0.05, 0.1) is 16.2 Å². The lowest BCUT2D eigenvalue weighted by Crippen LogP contribution is -2.47. The molecule has 0 aliphatic carbocycles. The summed E-state index contributed by atoms with van der Waals surface area (Å²) < 4.78 is 6.00. The van der Waals surface area contributed by atoms with Crippen LogP contribution < -0.4 is 0 Å². The van der Waals surface area contributed by atoms with Gasteiger partial charge in [-0.05, 0) is 55.9 Å². The molecule has 0 unspecified atom stereocenters. The molecule has 1 heterocycles. The summed E-state index contributed by atoms with van der Waals surface area (Å²) in [5.41, 5.74) is -0.535. The molecule has 0 bridgehead atoms. The summed E-state index contributed by atoms with van der Waals surface area (Å²) in [6.45, 7) is 7.55. The molecule has 1 amide bonds. The molecule has 17 heavy (non-hydrogen) atoms. The van der Waals surface area contributed by atoms with Crippen molar-refractivity contribution in [1.82, 2.24) is 4.90 Å². The second kappa shape index (κ2) is 5.37. The highest BCUT2D eigenvalue weighted by molar-refractivity contribution is 14.1. The van der Waals surface area contributed by atoms with E-state index in [9.17, 15) is 9.59 Å². The molecule has 1 rings (SSSR count). The molecule has 0 radical (unpaired) electrons. The molecule has 0 spiro atoms. The van der Waals surface area contributed by atoms with Crippen molar-refractivity contribution in [2.24, 2.45) is 0 Å². The van der Waals surface area contributed by atoms with Gasteiger partial charge in [-0.2, -0.15) is 0 Å². The van der Waals surface area contributed by atoms with Crippen LogP contribution in [0.2, 0.25) is 0 Å². The van der Waals surface area contributed by atoms with Gasteiger partial charge in [0.1, 0.15) is 5.60 Å². The van der Waals surface area contributed by atoms with E-state index < -0.39 is 11.7 Å². The summed E-state index contributed by atoms with van der Waals surface area (Å²) in [5.74, 6) is -0.0267. The first kappa shape index (κ1) is 14.5. The van der Waals surface area contributed by atoms with E-state index in [4.69, 9.17) is 4.74 Å². The Morgan fingerprint density at radius 3 is 2.65 bits per heavy atom. The molecule has 4 nitrogen and oxygen atoms in total. The Morgan fingerprint density at radius 2 is 2.18 bits per heavy atom. The van der Waals surface area contributed by atoms with E-state index in [1.165, 1.54) is 4.90 Å². The SMILES string of the molecule is CC[C@@H]1C=C(I)C(=O)CN1C(=O)OC(C)(C)C. The number of hydrogen-bond donors (Lipinski definition) is 0. The number of ketones is 1. The van der Waals surface area contributed by atoms with Crippen molar-refractivity contribution in [3.05, 3.63) is 9.66 Å². The molecule has 0 aromatic heterocycles. The predicted octanol–water partition coefficient (Wildman–Crippen LogP) is 2.90. The van der Waals surface area contributed by atoms with Crippen LogP contribution >= 0.6 is 22.6 Å². The minimum Gasteiger partial charge on any atom is -0.444 e. The fraction of sp³-hybridized carbons (Fsp3) is 0.667. The molecule has 96 valence electrons. The van der Waals surface area contributed by atoms with Crippen LogP contribution in [-0.4, -0.2) is 35.0 Å². The van der Waals surface area contributed by atoms with Gasteiger partial charge in [-0.25, -0.2) is 4.79 Å². The van der Waals surface area contributed by atoms with Crippen LogP contribution in [0.5, 0.6) is 0 Å². The van der Waals surface area contributed by atoms with Crippen LogP contribution in [0.1, 0.15) is 34.1 Å². The quantitative estimate of drug-likeness (QED) is 0.683. The van der Waals surface area contributed by atoms with E-state index in [1.807, 2.05) is 56.4 Å². The van der Waals surface area contributed by atoms with Gasteiger partial charge in [-0.3, -0.25) is 9.69 Å². The number of ether oxygens (including phenoxy) is 1. The Morgan fingerprint density at radius 1 is 1.59 bits per heavy atom. The molecule has 0 N–H and O–H groups in total. The molecule has 0 fully saturated rings. The van der Waals surface area contributed by atoms with Crippen LogP contribution in [0.25, 0.3) is 0 Å². The highest BCUT2D eigenvalue weighted by Gasteiger charge is 2.32. The second-order valence-electron chi connectivity index (χ2n) is 5.02. The zero-order valence-electron chi connectivity index (χ0n) is 10.6. The normalized spacial score (nSPS) is 21.2. The van der Waals surface area contributed by atoms with Crippen molar-refractivity contribution in [2.45, 2.75) is 45.8 Å². The van der Waals surface area contributed by atoms with Crippen molar-refractivity contribution in [3.63, 3.8) is 0 Å². The molecule has 1 aliphatic heterocycles. The average molecular weight is 351 g/mol. The van der Waals surface area contributed by atoms with Gasteiger partial charge < -0.3 is 4.74 Å². The minimum absolute atomic E-state index is 0.0267. The highest BCUT2D eigenvalue weighted by atomic mass is 127. The third-order valence-corrected chi connectivity index (χ3v) is 3.33. The number of carbonyl (C=O) groups excluding carboxylic acids is 2. The molecule has 0 saturated carbocycles. The summed E-state index contributed by atoms with van der Waals surface area (Å²) in [5, 5.41) is 0. The van der Waals surface area contributed by atoms with Crippen LogP contribution in [0.3, 0.4) is 0 Å². The maximum absolute atomic E-state index is 12.0. The Kier molecular flexibility index (Phi) is 4.57. The smallest absolute Gasteiger partial charge is 0.411 e. The van der Waals surface area contributed by atoms with Gasteiger partial charge in [-0.15, -0.1) is 0 Å². The number of Topliss-reactive ketones (excluding diaryl/α,β-unsaturated/α-hetero) is 1. The van der Waals surface area contributed by atoms with E-state index in [-0.39, 0.29) is 18.4 Å². The number of nitrogens with zero attached hydrogens (tertiary/aromatic N) is 1. The van der Waals surface area contributed by atoms with Gasteiger partial charge in [0.2, 0.25) is 0 Å². The lowest BCUT2D eigenvalue weighted by molar-refractivity contribution is -0.117. The number of carbonyl (C=O) groups is 2. The van der Waals surface area contributed by atoms with Crippen molar-refractivity contribution in [2.75, 3.05) is 6.54 Å². The molecule has 5 heteroatoms. The zero-order valence-corrected chi connectivity index (χ0v) is 12.8. The number of hydrogen-bond acceptors (Lipinski definition) is 3. The Labute approximate surface area is 116 Å². The first-order valence-corrected chi connectivity index (χ1v) is 6.72. The third-order valence-electron chi connectivity index (χ3n) is 2.37. The van der Waals surface area contributed by atoms with E-state index in [0.29, 0.717) is 3.58 Å². The van der Waals surface area contributed by atoms with E-state index in [2.05, 4.69) is 0 Å². The fourth-order valence-electron chi connectivity index (χ4n) is 1.56. The van der Waals surface area contributed by atoms with Crippen molar-refractivity contribution in [1.29, 1.82) is 0 Å². The number of rotatable bonds is 1. The summed E-state index contributed by atoms with van der Waals surface area (Å²) in [6.07, 6.45) is 2.19. The Balaban J connectivity index is 2.83. The van der Waals surface area contributed by atoms with Crippen LogP contribution in [-0.2, 0) is 9.53 Å². The topological polar surface area (TPSA) is 46.6 Å². The van der Waals surface area contributed by atoms with E-state index in [0.717, 1.165) is 6.42 Å². The summed E-state index contributed by atoms with van der Waals surface area (Å²) in [4.78, 5) is 25.1. The molecule has 1 aliphatic rings. The maximum atomic E-state index is 12.0. The Hall–Kier alpha value is -0.590. The minimum atomic E-state index is -0.535. The van der Waals surface area contributed by atoms with Crippen molar-refractivity contribution in [3.8, 4) is 0 Å². The van der Waals surface area contributed by atoms with Crippen LogP contribution in [0, 0.1) is 0 Å². The second-order valence-corrected chi connectivity index (χ2v) is 6.18. The van der Waals surface area contributed by atoms with Crippen molar-refractivity contribution < 1.29 is 14.3 Å². The lowest BCUT2D eigenvalue weighted by Gasteiger charge is -2.33. The van der Waals surface area contributed by atoms with E-state index in [1.54, 1.807) is 0 Å². The summed E-state index contributed by atoms with van der Waals surface area (Å²) >= 11 is 2.02. The van der Waals surface area contributed by atoms with Crippen molar-refractivity contribution >= 4 is 34.5 Å². The van der Waals surface area contributed by atoms with Gasteiger partial charge in [-0.1, -0.05) is 6.92 Å². The summed E-state index contributed by atoms with van der Waals surface area (Å²) in [6, 6.07) is -0.0468. The largest absolute Gasteiger partial charge is 0.444 e. The maximum Gasteiger partial charge on any atom is 0.411 e. The predicted molar refractivity (Wildman–Crippen MR) is 74.1 cm³/mol. The van der Waals surface area contributed by atoms with Gasteiger partial charge in [0.15, 0.2) is 5.78 Å². The van der Waals surface area contributed by atoms with E-state index >= 15 is 0 Å². The monoisotopic (exact) mass is 351 g/mol. The summed E-state index contributed by atoms with van der Waals surface area (Å²) in [7, 11) is 0. The van der Waals surface area contributed by atoms with Crippen LogP contribution in [0.4, 0.5) is 4.79 Å². The van der Waals surface area contributed by atoms with Gasteiger partial charge in [0, 0.05) is 0 Å². The molecule has 0 aromatic carbocycles. The van der Waals surface area contributed by atoms with Gasteiger partial charge >= 0.3 is 6.09 Å². The zero-order chi connectivity index (χ0) is 13.2. The Bertz CT molecular complexity index is 357. The molecular weight excluding hydrogens is 333 g/mol. The standard InChI is InChI=1S/C12H18INO3/c1-5-8-6-9(13)10(15)7-14(8)11(16)17-12(2,3)4/h6,8H,5,7H2,1-4H3/t8-/m1/s1. The number of amides is 1. The lowest BCUT2D eigenvalue weighted by atomic mass is 10.1. The fourth-order valence-corrected chi connectivity index (χ4v) is 2.14. The first-order valence-electron chi connectivity index (χ1n) is 5.64. The average Bonchev–Trinajstić information content (AvgIpc) is 2.18. The molecule has 0 saturated heterocycles. The molecule has 1 atom stereocenters. The molecular formula is C12H18INO3. The van der Waals surface area contributed by atoms with Gasteiger partial charge in [0.25, 0.3) is 0 Å². The third kappa shape index (κ3) is 3.97. The highest BCUT2D eigenvalue weighted by Crippen LogP contribution is 2.22. The van der Waals surface area contributed by atoms with Crippen LogP contribution in [0.15, 0.2) is 9.66 Å². The number of halogens is 1. The first-order chi connectivity index (χ1) is 7.74. The molecule has 0 aromatic rings.